The standard InChI is InChI=1S/C12H6F7N2O/c13-10(14,11(15,16)17)12(18,19)22-9-4-2-1-3-8(9)21-6-5-20-7-21/h1-6H. The summed E-state index contributed by atoms with van der Waals surface area (Å²) in [5.74, 6) is -7.24. The molecule has 1 aromatic heterocycles. The van der Waals surface area contributed by atoms with Crippen LogP contribution in [0.15, 0.2) is 36.7 Å². The van der Waals surface area contributed by atoms with Crippen LogP contribution in [-0.4, -0.2) is 27.8 Å². The van der Waals surface area contributed by atoms with Gasteiger partial charge in [-0.1, -0.05) is 12.1 Å². The van der Waals surface area contributed by atoms with E-state index >= 15 is 0 Å². The minimum absolute atomic E-state index is 0.224. The molecular weight excluding hydrogens is 321 g/mol. The van der Waals surface area contributed by atoms with E-state index in [0.29, 0.717) is 0 Å². The molecule has 119 valence electrons. The van der Waals surface area contributed by atoms with Gasteiger partial charge in [0.15, 0.2) is 12.1 Å². The van der Waals surface area contributed by atoms with Crippen LogP contribution >= 0.6 is 0 Å². The lowest BCUT2D eigenvalue weighted by molar-refractivity contribution is -0.402. The van der Waals surface area contributed by atoms with E-state index < -0.39 is 24.0 Å². The van der Waals surface area contributed by atoms with Gasteiger partial charge in [0, 0.05) is 12.4 Å². The summed E-state index contributed by atoms with van der Waals surface area (Å²) in [7, 11) is 0. The van der Waals surface area contributed by atoms with Gasteiger partial charge in [-0.3, -0.25) is 4.57 Å². The van der Waals surface area contributed by atoms with Crippen molar-refractivity contribution in [3.05, 3.63) is 43.0 Å². The predicted octanol–water partition coefficient (Wildman–Crippen LogP) is 3.84. The summed E-state index contributed by atoms with van der Waals surface area (Å²) < 4.78 is 93.1. The topological polar surface area (TPSA) is 27.1 Å². The van der Waals surface area contributed by atoms with Gasteiger partial charge in [-0.15, -0.1) is 0 Å². The van der Waals surface area contributed by atoms with Crippen molar-refractivity contribution in [1.29, 1.82) is 0 Å². The zero-order valence-electron chi connectivity index (χ0n) is 10.4. The van der Waals surface area contributed by atoms with Crippen molar-refractivity contribution < 1.29 is 35.5 Å². The van der Waals surface area contributed by atoms with Gasteiger partial charge in [-0.05, 0) is 12.1 Å². The van der Waals surface area contributed by atoms with Gasteiger partial charge in [-0.25, -0.2) is 4.98 Å². The van der Waals surface area contributed by atoms with E-state index in [1.54, 1.807) is 0 Å². The fraction of sp³-hybridized carbons (Fsp3) is 0.250. The second-order valence-corrected chi connectivity index (χ2v) is 4.06. The van der Waals surface area contributed by atoms with E-state index in [1.807, 2.05) is 0 Å². The van der Waals surface area contributed by atoms with Gasteiger partial charge in [0.2, 0.25) is 0 Å². The SMILES string of the molecule is FC(F)(F)C(F)(F)C(F)(F)Oc1ccccc1-n1[c]ncc1. The number of ether oxygens (including phenoxy) is 1. The highest BCUT2D eigenvalue weighted by Crippen LogP contribution is 2.47. The number of hydrogen-bond donors (Lipinski definition) is 0. The van der Waals surface area contributed by atoms with Gasteiger partial charge < -0.3 is 4.74 Å². The number of benzene rings is 1. The van der Waals surface area contributed by atoms with E-state index in [4.69, 9.17) is 0 Å². The maximum atomic E-state index is 13.3. The Balaban J connectivity index is 2.39. The zero-order valence-corrected chi connectivity index (χ0v) is 10.4. The summed E-state index contributed by atoms with van der Waals surface area (Å²) in [4.78, 5) is 3.49. The molecule has 2 rings (SSSR count). The van der Waals surface area contributed by atoms with Crippen molar-refractivity contribution in [2.75, 3.05) is 0 Å². The van der Waals surface area contributed by atoms with E-state index in [1.165, 1.54) is 18.5 Å². The Hall–Kier alpha value is -2.26. The molecule has 0 N–H and O–H groups in total. The highest BCUT2D eigenvalue weighted by atomic mass is 19.4. The molecule has 0 aliphatic heterocycles. The first kappa shape index (κ1) is 16.1. The lowest BCUT2D eigenvalue weighted by atomic mass is 10.2. The predicted molar refractivity (Wildman–Crippen MR) is 59.0 cm³/mol. The van der Waals surface area contributed by atoms with Gasteiger partial charge in [-0.2, -0.15) is 30.7 Å². The van der Waals surface area contributed by atoms with Crippen molar-refractivity contribution >= 4 is 0 Å². The molecule has 0 fully saturated rings. The van der Waals surface area contributed by atoms with Crippen LogP contribution in [0, 0.1) is 6.33 Å². The van der Waals surface area contributed by atoms with Crippen LogP contribution in [0.25, 0.3) is 5.69 Å². The summed E-state index contributed by atoms with van der Waals surface area (Å²) in [5.41, 5.74) is -0.224. The molecular formula is C12H6F7N2O. The molecule has 0 unspecified atom stereocenters. The zero-order chi connectivity index (χ0) is 16.6. The van der Waals surface area contributed by atoms with Crippen molar-refractivity contribution in [3.8, 4) is 11.4 Å². The Morgan fingerprint density at radius 3 is 2.18 bits per heavy atom. The van der Waals surface area contributed by atoms with Crippen LogP contribution in [0.5, 0.6) is 5.75 Å². The smallest absolute Gasteiger partial charge is 0.426 e. The minimum Gasteiger partial charge on any atom is -0.426 e. The third-order valence-corrected chi connectivity index (χ3v) is 2.54. The van der Waals surface area contributed by atoms with Gasteiger partial charge in [0.1, 0.15) is 0 Å². The number of rotatable bonds is 4. The second kappa shape index (κ2) is 5.18. The van der Waals surface area contributed by atoms with Crippen LogP contribution in [0.1, 0.15) is 0 Å². The molecule has 0 saturated heterocycles. The van der Waals surface area contributed by atoms with E-state index in [2.05, 4.69) is 16.0 Å². The van der Waals surface area contributed by atoms with Gasteiger partial charge in [0.05, 0.1) is 5.69 Å². The first-order valence-electron chi connectivity index (χ1n) is 5.58. The molecule has 2 aromatic rings. The van der Waals surface area contributed by atoms with Crippen LogP contribution < -0.4 is 4.74 Å². The maximum Gasteiger partial charge on any atom is 0.474 e. The molecule has 1 heterocycles. The Morgan fingerprint density at radius 1 is 1.00 bits per heavy atom. The number of aromatic nitrogens is 2. The average molecular weight is 327 g/mol. The molecule has 3 nitrogen and oxygen atoms in total. The van der Waals surface area contributed by atoms with Crippen molar-refractivity contribution in [1.82, 2.24) is 9.55 Å². The number of para-hydroxylation sites is 2. The number of halogens is 7. The van der Waals surface area contributed by atoms with Crippen molar-refractivity contribution in [2.24, 2.45) is 0 Å². The molecule has 0 atom stereocenters. The number of hydrogen-bond acceptors (Lipinski definition) is 2. The summed E-state index contributed by atoms with van der Waals surface area (Å²) >= 11 is 0. The van der Waals surface area contributed by atoms with Gasteiger partial charge in [0.25, 0.3) is 0 Å². The van der Waals surface area contributed by atoms with Crippen molar-refractivity contribution in [3.63, 3.8) is 0 Å². The first-order valence-corrected chi connectivity index (χ1v) is 5.58. The fourth-order valence-electron chi connectivity index (χ4n) is 1.47. The monoisotopic (exact) mass is 327 g/mol. The summed E-state index contributed by atoms with van der Waals surface area (Å²) in [6.07, 6.45) is -7.54. The van der Waals surface area contributed by atoms with E-state index in [0.717, 1.165) is 22.8 Å². The Labute approximate surface area is 118 Å². The van der Waals surface area contributed by atoms with Crippen LogP contribution in [0.4, 0.5) is 30.7 Å². The Bertz CT molecular complexity index is 637. The Kier molecular flexibility index (Phi) is 3.80. The van der Waals surface area contributed by atoms with Crippen LogP contribution in [-0.2, 0) is 0 Å². The van der Waals surface area contributed by atoms with Crippen molar-refractivity contribution in [2.45, 2.75) is 18.2 Å². The highest BCUT2D eigenvalue weighted by Gasteiger charge is 2.75. The number of alkyl halides is 7. The molecule has 1 aromatic carbocycles. The summed E-state index contributed by atoms with van der Waals surface area (Å²) in [6, 6.07) is 4.46. The summed E-state index contributed by atoms with van der Waals surface area (Å²) in [6.45, 7) is 0. The molecule has 0 aliphatic rings. The molecule has 1 radical (unpaired) electrons. The van der Waals surface area contributed by atoms with Crippen LogP contribution in [0.2, 0.25) is 0 Å². The molecule has 22 heavy (non-hydrogen) atoms. The molecule has 0 bridgehead atoms. The number of nitrogens with zero attached hydrogens (tertiary/aromatic N) is 2. The molecule has 0 saturated carbocycles. The lowest BCUT2D eigenvalue weighted by Gasteiger charge is -2.28. The Morgan fingerprint density at radius 2 is 1.64 bits per heavy atom. The highest BCUT2D eigenvalue weighted by molar-refractivity contribution is 5.46. The normalized spacial score (nSPS) is 13.2. The third-order valence-electron chi connectivity index (χ3n) is 2.54. The number of imidazole rings is 1. The quantitative estimate of drug-likeness (QED) is 0.798. The van der Waals surface area contributed by atoms with E-state index in [9.17, 15) is 30.7 Å². The molecule has 0 aliphatic carbocycles. The van der Waals surface area contributed by atoms with Gasteiger partial charge >= 0.3 is 18.2 Å². The lowest BCUT2D eigenvalue weighted by Crippen LogP contribution is -2.55. The fourth-order valence-corrected chi connectivity index (χ4v) is 1.47. The first-order chi connectivity index (χ1) is 10.1. The average Bonchev–Trinajstić information content (AvgIpc) is 2.91. The molecule has 0 amide bonds. The largest absolute Gasteiger partial charge is 0.474 e. The second-order valence-electron chi connectivity index (χ2n) is 4.06. The van der Waals surface area contributed by atoms with E-state index in [-0.39, 0.29) is 5.69 Å². The summed E-state index contributed by atoms with van der Waals surface area (Å²) in [5, 5.41) is 0. The maximum absolute atomic E-state index is 13.3. The third kappa shape index (κ3) is 2.72. The molecule has 10 heteroatoms. The molecule has 0 spiro atoms. The minimum atomic E-state index is -6.47. The van der Waals surface area contributed by atoms with Crippen LogP contribution in [0.3, 0.4) is 0 Å².